The minimum absolute atomic E-state index is 0.0502. The fourth-order valence-corrected chi connectivity index (χ4v) is 4.93. The van der Waals surface area contributed by atoms with Gasteiger partial charge in [-0.25, -0.2) is 0 Å². The molecule has 0 aliphatic heterocycles. The lowest BCUT2D eigenvalue weighted by molar-refractivity contribution is 0.415. The zero-order chi connectivity index (χ0) is 26.1. The predicted molar refractivity (Wildman–Crippen MR) is 155 cm³/mol. The highest BCUT2D eigenvalue weighted by atomic mass is 16.5. The van der Waals surface area contributed by atoms with Crippen molar-refractivity contribution in [2.24, 2.45) is 0 Å². The number of anilines is 3. The molecular formula is C33H26N2O3. The van der Waals surface area contributed by atoms with Crippen LogP contribution in [0.1, 0.15) is 0 Å². The average Bonchev–Trinajstić information content (AvgIpc) is 2.99. The monoisotopic (exact) mass is 498 g/mol. The largest absolute Gasteiger partial charge is 0.497 e. The summed E-state index contributed by atoms with van der Waals surface area (Å²) in [6.45, 7) is 0. The summed E-state index contributed by atoms with van der Waals surface area (Å²) >= 11 is 0. The van der Waals surface area contributed by atoms with Crippen LogP contribution in [0.4, 0.5) is 17.1 Å². The first kappa shape index (κ1) is 23.4. The molecule has 6 aromatic rings. The Kier molecular flexibility index (Phi) is 6.02. The highest BCUT2D eigenvalue weighted by Gasteiger charge is 2.15. The topological polar surface area (TPSA) is 43.7 Å². The smallest absolute Gasteiger partial charge is 0.197 e. The molecule has 5 aromatic carbocycles. The minimum atomic E-state index is 0.0502. The van der Waals surface area contributed by atoms with E-state index in [0.29, 0.717) is 10.8 Å². The molecule has 0 atom stereocenters. The summed E-state index contributed by atoms with van der Waals surface area (Å²) in [5.74, 6) is 1.60. The molecule has 0 radical (unpaired) electrons. The lowest BCUT2D eigenvalue weighted by atomic mass is 10.1. The maximum absolute atomic E-state index is 13.2. The van der Waals surface area contributed by atoms with Crippen molar-refractivity contribution in [1.29, 1.82) is 0 Å². The summed E-state index contributed by atoms with van der Waals surface area (Å²) in [4.78, 5) is 15.4. The molecule has 0 bridgehead atoms. The third kappa shape index (κ3) is 4.04. The molecule has 38 heavy (non-hydrogen) atoms. The number of para-hydroxylation sites is 2. The number of benzene rings is 5. The second kappa shape index (κ2) is 9.79. The van der Waals surface area contributed by atoms with E-state index in [1.54, 1.807) is 14.2 Å². The van der Waals surface area contributed by atoms with E-state index < -0.39 is 0 Å². The third-order valence-electron chi connectivity index (χ3n) is 6.81. The van der Waals surface area contributed by atoms with E-state index in [0.717, 1.165) is 45.3 Å². The molecule has 5 nitrogen and oxygen atoms in total. The maximum Gasteiger partial charge on any atom is 0.197 e. The van der Waals surface area contributed by atoms with Crippen molar-refractivity contribution in [2.75, 3.05) is 19.1 Å². The van der Waals surface area contributed by atoms with Gasteiger partial charge in [-0.2, -0.15) is 0 Å². The summed E-state index contributed by atoms with van der Waals surface area (Å²) in [5, 5.41) is 1.40. The number of hydrogen-bond acceptors (Lipinski definition) is 4. The normalized spacial score (nSPS) is 11.0. The van der Waals surface area contributed by atoms with Gasteiger partial charge in [0, 0.05) is 33.5 Å². The number of nitrogens with zero attached hydrogens (tertiary/aromatic N) is 2. The first-order valence-corrected chi connectivity index (χ1v) is 12.4. The summed E-state index contributed by atoms with van der Waals surface area (Å²) in [6, 6.07) is 39.9. The molecular weight excluding hydrogens is 472 g/mol. The molecule has 0 aliphatic rings. The van der Waals surface area contributed by atoms with Crippen molar-refractivity contribution in [1.82, 2.24) is 4.57 Å². The minimum Gasteiger partial charge on any atom is -0.497 e. The average molecular weight is 499 g/mol. The molecule has 0 amide bonds. The Morgan fingerprint density at radius 3 is 1.34 bits per heavy atom. The highest BCUT2D eigenvalue weighted by Crippen LogP contribution is 2.37. The first-order chi connectivity index (χ1) is 18.7. The molecule has 1 heterocycles. The number of fused-ring (bicyclic) bond motifs is 2. The van der Waals surface area contributed by atoms with E-state index in [-0.39, 0.29) is 5.43 Å². The van der Waals surface area contributed by atoms with Crippen LogP contribution in [0, 0.1) is 0 Å². The van der Waals surface area contributed by atoms with Crippen LogP contribution in [0.5, 0.6) is 11.5 Å². The number of aromatic nitrogens is 1. The fourth-order valence-electron chi connectivity index (χ4n) is 4.93. The number of hydrogen-bond donors (Lipinski definition) is 0. The van der Waals surface area contributed by atoms with Gasteiger partial charge in [-0.1, -0.05) is 24.3 Å². The van der Waals surface area contributed by atoms with Gasteiger partial charge in [-0.15, -0.1) is 0 Å². The second-order valence-electron chi connectivity index (χ2n) is 8.95. The Hall–Kier alpha value is -5.03. The summed E-state index contributed by atoms with van der Waals surface area (Å²) in [7, 11) is 3.33. The number of pyridine rings is 1. The molecule has 5 heteroatoms. The molecule has 1 aromatic heterocycles. The van der Waals surface area contributed by atoms with Crippen LogP contribution in [0.3, 0.4) is 0 Å². The molecule has 186 valence electrons. The highest BCUT2D eigenvalue weighted by molar-refractivity contribution is 5.95. The van der Waals surface area contributed by atoms with Gasteiger partial charge in [0.15, 0.2) is 5.43 Å². The predicted octanol–water partition coefficient (Wildman–Crippen LogP) is 7.63. The van der Waals surface area contributed by atoms with Gasteiger partial charge < -0.3 is 18.9 Å². The van der Waals surface area contributed by atoms with E-state index in [4.69, 9.17) is 9.47 Å². The van der Waals surface area contributed by atoms with Crippen molar-refractivity contribution in [3.05, 3.63) is 132 Å². The van der Waals surface area contributed by atoms with Gasteiger partial charge in [0.05, 0.1) is 25.3 Å². The van der Waals surface area contributed by atoms with Gasteiger partial charge in [0.2, 0.25) is 0 Å². The van der Waals surface area contributed by atoms with Gasteiger partial charge in [0.25, 0.3) is 0 Å². The first-order valence-electron chi connectivity index (χ1n) is 12.4. The zero-order valence-corrected chi connectivity index (χ0v) is 21.2. The summed E-state index contributed by atoms with van der Waals surface area (Å²) in [6.07, 6.45) is 0. The van der Waals surface area contributed by atoms with E-state index in [1.807, 2.05) is 97.1 Å². The molecule has 0 spiro atoms. The maximum atomic E-state index is 13.2. The SMILES string of the molecule is COc1ccc(N(c2ccc(OC)cc2)c2ccc(-n3c4ccccc4c(=O)c4ccccc43)cc2)cc1. The Morgan fingerprint density at radius 2 is 0.921 bits per heavy atom. The van der Waals surface area contributed by atoms with Crippen molar-refractivity contribution in [3.8, 4) is 17.2 Å². The van der Waals surface area contributed by atoms with E-state index in [2.05, 4.69) is 33.7 Å². The molecule has 0 saturated carbocycles. The zero-order valence-electron chi connectivity index (χ0n) is 21.2. The van der Waals surface area contributed by atoms with Gasteiger partial charge in [-0.05, 0) is 97.1 Å². The molecule has 0 N–H and O–H groups in total. The summed E-state index contributed by atoms with van der Waals surface area (Å²) < 4.78 is 12.9. The lowest BCUT2D eigenvalue weighted by Gasteiger charge is -2.26. The lowest BCUT2D eigenvalue weighted by Crippen LogP contribution is -2.11. The summed E-state index contributed by atoms with van der Waals surface area (Å²) in [5.41, 5.74) is 5.79. The Morgan fingerprint density at radius 1 is 0.526 bits per heavy atom. The Labute approximate surface area is 220 Å². The second-order valence-corrected chi connectivity index (χ2v) is 8.95. The van der Waals surface area contributed by atoms with Crippen LogP contribution < -0.4 is 19.8 Å². The number of methoxy groups -OCH3 is 2. The standard InChI is InChI=1S/C33H26N2O3/c1-37-27-19-15-24(16-20-27)34(25-17-21-28(38-2)22-18-25)23-11-13-26(14-12-23)35-31-9-5-3-7-29(31)33(36)30-8-4-6-10-32(30)35/h3-22H,1-2H3. The van der Waals surface area contributed by atoms with Gasteiger partial charge in [-0.3, -0.25) is 4.79 Å². The van der Waals surface area contributed by atoms with Crippen molar-refractivity contribution in [3.63, 3.8) is 0 Å². The van der Waals surface area contributed by atoms with Crippen molar-refractivity contribution < 1.29 is 9.47 Å². The van der Waals surface area contributed by atoms with Gasteiger partial charge in [0.1, 0.15) is 11.5 Å². The molecule has 0 aliphatic carbocycles. The van der Waals surface area contributed by atoms with Crippen LogP contribution >= 0.6 is 0 Å². The Balaban J connectivity index is 1.50. The van der Waals surface area contributed by atoms with E-state index >= 15 is 0 Å². The third-order valence-corrected chi connectivity index (χ3v) is 6.81. The van der Waals surface area contributed by atoms with Crippen LogP contribution in [0.2, 0.25) is 0 Å². The van der Waals surface area contributed by atoms with E-state index in [9.17, 15) is 4.79 Å². The van der Waals surface area contributed by atoms with Crippen LogP contribution in [-0.2, 0) is 0 Å². The van der Waals surface area contributed by atoms with Gasteiger partial charge >= 0.3 is 0 Å². The van der Waals surface area contributed by atoms with E-state index in [1.165, 1.54) is 0 Å². The quantitative estimate of drug-likeness (QED) is 0.222. The van der Waals surface area contributed by atoms with Crippen molar-refractivity contribution in [2.45, 2.75) is 0 Å². The molecule has 6 rings (SSSR count). The number of ether oxygens (including phenoxy) is 2. The molecule has 0 fully saturated rings. The fraction of sp³-hybridized carbons (Fsp3) is 0.0606. The molecule has 0 unspecified atom stereocenters. The van der Waals surface area contributed by atoms with Crippen LogP contribution in [0.25, 0.3) is 27.5 Å². The number of rotatable bonds is 6. The molecule has 0 saturated heterocycles. The van der Waals surface area contributed by atoms with Crippen LogP contribution in [0.15, 0.2) is 126 Å². The van der Waals surface area contributed by atoms with Crippen LogP contribution in [-0.4, -0.2) is 18.8 Å². The Bertz CT molecular complexity index is 1680. The van der Waals surface area contributed by atoms with Crippen molar-refractivity contribution >= 4 is 38.9 Å².